The third-order valence-corrected chi connectivity index (χ3v) is 6.89. The van der Waals surface area contributed by atoms with Crippen LogP contribution in [0.4, 0.5) is 10.1 Å². The topological polar surface area (TPSA) is 84.3 Å². The highest BCUT2D eigenvalue weighted by molar-refractivity contribution is 7.20. The number of rotatable bonds is 4. The average molecular weight is 443 g/mol. The quantitative estimate of drug-likeness (QED) is 0.671. The van der Waals surface area contributed by atoms with Crippen molar-refractivity contribution in [3.05, 3.63) is 57.2 Å². The second-order valence-electron chi connectivity index (χ2n) is 7.91. The fourth-order valence-electron chi connectivity index (χ4n) is 3.73. The van der Waals surface area contributed by atoms with Crippen LogP contribution in [-0.2, 0) is 11.3 Å². The molecule has 1 N–H and O–H groups in total. The summed E-state index contributed by atoms with van der Waals surface area (Å²) in [6, 6.07) is 5.88. The molecule has 0 atom stereocenters. The molecule has 3 heterocycles. The first kappa shape index (κ1) is 21.2. The zero-order valence-electron chi connectivity index (χ0n) is 17.4. The highest BCUT2D eigenvalue weighted by atomic mass is 32.1. The second-order valence-corrected chi connectivity index (χ2v) is 8.91. The molecule has 2 aromatic heterocycles. The number of nitrogens with zero attached hydrogens (tertiary/aromatic N) is 3. The first-order chi connectivity index (χ1) is 14.8. The molecule has 7 nitrogen and oxygen atoms in total. The van der Waals surface area contributed by atoms with E-state index in [0.29, 0.717) is 34.8 Å². The zero-order valence-corrected chi connectivity index (χ0v) is 18.2. The first-order valence-electron chi connectivity index (χ1n) is 10.2. The minimum atomic E-state index is -0.541. The van der Waals surface area contributed by atoms with Gasteiger partial charge in [0.05, 0.1) is 22.3 Å². The van der Waals surface area contributed by atoms with Gasteiger partial charge in [-0.05, 0) is 43.4 Å². The number of fused-ring (bicyclic) bond motifs is 1. The smallest absolute Gasteiger partial charge is 0.266 e. The molecule has 0 bridgehead atoms. The molecule has 1 fully saturated rings. The van der Waals surface area contributed by atoms with Crippen molar-refractivity contribution in [2.24, 2.45) is 5.92 Å². The highest BCUT2D eigenvalue weighted by Crippen LogP contribution is 2.28. The Labute approximate surface area is 182 Å². The van der Waals surface area contributed by atoms with E-state index < -0.39 is 11.7 Å². The molecule has 1 aliphatic heterocycles. The summed E-state index contributed by atoms with van der Waals surface area (Å²) in [5.41, 5.74) is 0.179. The fourth-order valence-corrected chi connectivity index (χ4v) is 4.77. The Morgan fingerprint density at radius 3 is 2.68 bits per heavy atom. The van der Waals surface area contributed by atoms with Gasteiger partial charge in [-0.25, -0.2) is 9.37 Å². The second kappa shape index (κ2) is 8.58. The molecule has 0 unspecified atom stereocenters. The number of anilines is 1. The molecule has 1 saturated heterocycles. The molecule has 0 aliphatic carbocycles. The third-order valence-electron chi connectivity index (χ3n) is 5.69. The van der Waals surface area contributed by atoms with Crippen molar-refractivity contribution >= 4 is 39.1 Å². The number of amides is 2. The van der Waals surface area contributed by atoms with Gasteiger partial charge >= 0.3 is 0 Å². The van der Waals surface area contributed by atoms with Crippen LogP contribution < -0.4 is 10.9 Å². The number of halogens is 1. The third kappa shape index (κ3) is 4.23. The predicted octanol–water partition coefficient (Wildman–Crippen LogP) is 3.42. The van der Waals surface area contributed by atoms with Crippen molar-refractivity contribution in [1.82, 2.24) is 14.5 Å². The summed E-state index contributed by atoms with van der Waals surface area (Å²) in [5.74, 6) is -0.552. The van der Waals surface area contributed by atoms with Crippen molar-refractivity contribution in [3.8, 4) is 0 Å². The van der Waals surface area contributed by atoms with Crippen LogP contribution in [0.15, 0.2) is 35.4 Å². The number of benzene rings is 1. The number of hydrogen-bond donors (Lipinski definition) is 1. The molecule has 2 amide bonds. The average Bonchev–Trinajstić information content (AvgIpc) is 3.09. The minimum absolute atomic E-state index is 0.0659. The standard InChI is InChI=1S/C22H23FN4O3S/c1-13-7-9-26(10-8-13)17(28)11-27-12-24-21-18(22(27)30)14(2)19(31-21)20(29)25-16-6-4-3-5-15(16)23/h3-6,12-13H,7-11H2,1-2H3,(H,25,29). The van der Waals surface area contributed by atoms with E-state index in [9.17, 15) is 18.8 Å². The van der Waals surface area contributed by atoms with Crippen LogP contribution in [0.5, 0.6) is 0 Å². The van der Waals surface area contributed by atoms with E-state index in [0.717, 1.165) is 24.2 Å². The van der Waals surface area contributed by atoms with Crippen molar-refractivity contribution < 1.29 is 14.0 Å². The molecule has 162 valence electrons. The Balaban J connectivity index is 1.59. The van der Waals surface area contributed by atoms with Crippen LogP contribution in [0.25, 0.3) is 10.2 Å². The predicted molar refractivity (Wildman–Crippen MR) is 118 cm³/mol. The van der Waals surface area contributed by atoms with Crippen LogP contribution in [0.1, 0.15) is 35.0 Å². The number of carbonyl (C=O) groups is 2. The summed E-state index contributed by atoms with van der Waals surface area (Å²) in [4.78, 5) is 45.2. The summed E-state index contributed by atoms with van der Waals surface area (Å²) >= 11 is 1.07. The van der Waals surface area contributed by atoms with Gasteiger partial charge in [0, 0.05) is 13.1 Å². The summed E-state index contributed by atoms with van der Waals surface area (Å²) in [5, 5.41) is 2.85. The van der Waals surface area contributed by atoms with Crippen LogP contribution >= 0.6 is 11.3 Å². The maximum Gasteiger partial charge on any atom is 0.266 e. The number of aromatic nitrogens is 2. The summed E-state index contributed by atoms with van der Waals surface area (Å²) in [7, 11) is 0. The fraction of sp³-hybridized carbons (Fsp3) is 0.364. The molecular weight excluding hydrogens is 419 g/mol. The number of carbonyl (C=O) groups excluding carboxylic acids is 2. The number of likely N-dealkylation sites (tertiary alicyclic amines) is 1. The minimum Gasteiger partial charge on any atom is -0.341 e. The van der Waals surface area contributed by atoms with Crippen LogP contribution in [0.3, 0.4) is 0 Å². The molecule has 1 aromatic carbocycles. The van der Waals surface area contributed by atoms with Crippen molar-refractivity contribution in [2.75, 3.05) is 18.4 Å². The lowest BCUT2D eigenvalue weighted by Crippen LogP contribution is -2.41. The molecule has 9 heteroatoms. The van der Waals surface area contributed by atoms with Gasteiger partial charge in [-0.1, -0.05) is 19.1 Å². The summed E-state index contributed by atoms with van der Waals surface area (Å²) in [6.07, 6.45) is 3.27. The van der Waals surface area contributed by atoms with Gasteiger partial charge in [0.1, 0.15) is 17.2 Å². The van der Waals surface area contributed by atoms with Crippen LogP contribution in [0, 0.1) is 18.7 Å². The van der Waals surface area contributed by atoms with Gasteiger partial charge < -0.3 is 10.2 Å². The lowest BCUT2D eigenvalue weighted by molar-refractivity contribution is -0.133. The molecule has 31 heavy (non-hydrogen) atoms. The molecule has 0 radical (unpaired) electrons. The van der Waals surface area contributed by atoms with E-state index in [2.05, 4.69) is 17.2 Å². The van der Waals surface area contributed by atoms with Crippen LogP contribution in [0.2, 0.25) is 0 Å². The van der Waals surface area contributed by atoms with Crippen molar-refractivity contribution in [3.63, 3.8) is 0 Å². The maximum atomic E-state index is 13.9. The molecular formula is C22H23FN4O3S. The van der Waals surface area contributed by atoms with Gasteiger partial charge in [-0.3, -0.25) is 19.0 Å². The maximum absolute atomic E-state index is 13.9. The van der Waals surface area contributed by atoms with Gasteiger partial charge in [-0.2, -0.15) is 0 Å². The number of piperidine rings is 1. The Morgan fingerprint density at radius 2 is 1.97 bits per heavy atom. The van der Waals surface area contributed by atoms with E-state index in [4.69, 9.17) is 0 Å². The molecule has 0 saturated carbocycles. The number of nitrogens with one attached hydrogen (secondary N) is 1. The lowest BCUT2D eigenvalue weighted by atomic mass is 9.99. The van der Waals surface area contributed by atoms with E-state index in [1.807, 2.05) is 0 Å². The van der Waals surface area contributed by atoms with Gasteiger partial charge in [0.15, 0.2) is 0 Å². The Morgan fingerprint density at radius 1 is 1.26 bits per heavy atom. The van der Waals surface area contributed by atoms with Crippen molar-refractivity contribution in [2.45, 2.75) is 33.2 Å². The highest BCUT2D eigenvalue weighted by Gasteiger charge is 2.23. The summed E-state index contributed by atoms with van der Waals surface area (Å²) in [6.45, 7) is 5.15. The van der Waals surface area contributed by atoms with E-state index in [-0.39, 0.29) is 28.6 Å². The summed E-state index contributed by atoms with van der Waals surface area (Å²) < 4.78 is 15.2. The SMILES string of the molecule is Cc1c(C(=O)Nc2ccccc2F)sc2ncn(CC(=O)N3CCC(C)CC3)c(=O)c12. The molecule has 3 aromatic rings. The largest absolute Gasteiger partial charge is 0.341 e. The molecule has 4 rings (SSSR count). The van der Waals surface area contributed by atoms with Crippen molar-refractivity contribution in [1.29, 1.82) is 0 Å². The van der Waals surface area contributed by atoms with Gasteiger partial charge in [0.2, 0.25) is 5.91 Å². The molecule has 0 spiro atoms. The first-order valence-corrected chi connectivity index (χ1v) is 11.0. The Kier molecular flexibility index (Phi) is 5.86. The van der Waals surface area contributed by atoms with E-state index in [1.165, 1.54) is 29.1 Å². The number of thiophene rings is 1. The Hall–Kier alpha value is -3.07. The van der Waals surface area contributed by atoms with Crippen LogP contribution in [-0.4, -0.2) is 39.4 Å². The zero-order chi connectivity index (χ0) is 22.1. The normalized spacial score (nSPS) is 14.7. The molecule has 1 aliphatic rings. The number of aryl methyl sites for hydroxylation is 1. The van der Waals surface area contributed by atoms with Gasteiger partial charge in [0.25, 0.3) is 11.5 Å². The Bertz CT molecular complexity index is 1210. The van der Waals surface area contributed by atoms with E-state index >= 15 is 0 Å². The number of para-hydroxylation sites is 1. The van der Waals surface area contributed by atoms with Gasteiger partial charge in [-0.15, -0.1) is 11.3 Å². The number of hydrogen-bond acceptors (Lipinski definition) is 5. The lowest BCUT2D eigenvalue weighted by Gasteiger charge is -2.30. The van der Waals surface area contributed by atoms with E-state index in [1.54, 1.807) is 17.9 Å². The monoisotopic (exact) mass is 442 g/mol.